The smallest absolute Gasteiger partial charge is 0.243 e. The summed E-state index contributed by atoms with van der Waals surface area (Å²) in [6.45, 7) is 4.35. The van der Waals surface area contributed by atoms with Crippen LogP contribution < -0.4 is 4.74 Å². The maximum Gasteiger partial charge on any atom is 0.243 e. The number of benzene rings is 2. The molecule has 0 saturated carbocycles. The van der Waals surface area contributed by atoms with Crippen LogP contribution in [-0.4, -0.2) is 37.5 Å². The standard InChI is InChI=1S/C25H32N2O3S/c1-3-4-7-15-26-19-24(23-11-5-6-12-25(23)26)20-13-16-27(17-14-20)31(28,29)22-10-8-9-21(18-22)30-2/h5-6,8-12,18-20H,3-4,7,13-17H2,1-2H3. The molecule has 2 heterocycles. The van der Waals surface area contributed by atoms with E-state index >= 15 is 0 Å². The van der Waals surface area contributed by atoms with E-state index in [1.165, 1.54) is 35.7 Å². The lowest BCUT2D eigenvalue weighted by molar-refractivity contribution is 0.320. The highest BCUT2D eigenvalue weighted by Crippen LogP contribution is 2.36. The maximum atomic E-state index is 13.1. The Bertz CT molecular complexity index is 1130. The second-order valence-corrected chi connectivity index (χ2v) is 10.3. The first-order valence-electron chi connectivity index (χ1n) is 11.3. The number of unbranched alkanes of at least 4 members (excludes halogenated alkanes) is 2. The van der Waals surface area contributed by atoms with Crippen LogP contribution in [-0.2, 0) is 16.6 Å². The zero-order valence-electron chi connectivity index (χ0n) is 18.5. The molecule has 0 aliphatic carbocycles. The fourth-order valence-corrected chi connectivity index (χ4v) is 6.14. The summed E-state index contributed by atoms with van der Waals surface area (Å²) in [6, 6.07) is 15.4. The quantitative estimate of drug-likeness (QED) is 0.440. The molecule has 0 amide bonds. The van der Waals surface area contributed by atoms with Crippen molar-refractivity contribution >= 4 is 20.9 Å². The summed E-state index contributed by atoms with van der Waals surface area (Å²) in [5.41, 5.74) is 2.66. The first kappa shape index (κ1) is 21.9. The summed E-state index contributed by atoms with van der Waals surface area (Å²) in [5, 5.41) is 1.31. The number of nitrogens with zero attached hydrogens (tertiary/aromatic N) is 2. The van der Waals surface area contributed by atoms with Gasteiger partial charge in [-0.15, -0.1) is 0 Å². The molecule has 1 aromatic heterocycles. The SMILES string of the molecule is CCCCCn1cc(C2CCN(S(=O)(=O)c3cccc(OC)c3)CC2)c2ccccc21. The Morgan fingerprint density at radius 1 is 1.03 bits per heavy atom. The molecule has 6 heteroatoms. The van der Waals surface area contributed by atoms with Gasteiger partial charge < -0.3 is 9.30 Å². The minimum absolute atomic E-state index is 0.304. The van der Waals surface area contributed by atoms with Gasteiger partial charge in [0.1, 0.15) is 5.75 Å². The fourth-order valence-electron chi connectivity index (χ4n) is 4.64. The van der Waals surface area contributed by atoms with Crippen molar-refractivity contribution in [3.8, 4) is 5.75 Å². The third kappa shape index (κ3) is 4.51. The number of para-hydroxylation sites is 1. The summed E-state index contributed by atoms with van der Waals surface area (Å²) in [6.07, 6.45) is 7.63. The monoisotopic (exact) mass is 440 g/mol. The molecule has 1 aliphatic heterocycles. The number of ether oxygens (including phenoxy) is 1. The molecular weight excluding hydrogens is 408 g/mol. The Hall–Kier alpha value is -2.31. The molecule has 1 fully saturated rings. The van der Waals surface area contributed by atoms with Crippen LogP contribution in [0.25, 0.3) is 10.9 Å². The van der Waals surface area contributed by atoms with Crippen LogP contribution in [0.15, 0.2) is 59.6 Å². The average molecular weight is 441 g/mol. The van der Waals surface area contributed by atoms with Crippen molar-refractivity contribution in [2.24, 2.45) is 0 Å². The van der Waals surface area contributed by atoms with Crippen LogP contribution in [0.3, 0.4) is 0 Å². The number of sulfonamides is 1. The van der Waals surface area contributed by atoms with Gasteiger partial charge in [0.05, 0.1) is 12.0 Å². The van der Waals surface area contributed by atoms with Crippen molar-refractivity contribution in [2.75, 3.05) is 20.2 Å². The number of piperidine rings is 1. The zero-order chi connectivity index (χ0) is 21.8. The Balaban J connectivity index is 1.52. The second kappa shape index (κ2) is 9.45. The molecule has 1 saturated heterocycles. The lowest BCUT2D eigenvalue weighted by Crippen LogP contribution is -2.37. The molecule has 5 nitrogen and oxygen atoms in total. The van der Waals surface area contributed by atoms with Crippen molar-refractivity contribution in [2.45, 2.75) is 56.4 Å². The number of fused-ring (bicyclic) bond motifs is 1. The van der Waals surface area contributed by atoms with E-state index in [0.717, 1.165) is 19.4 Å². The van der Waals surface area contributed by atoms with Gasteiger partial charge in [-0.05, 0) is 48.9 Å². The summed E-state index contributed by atoms with van der Waals surface area (Å²) in [7, 11) is -1.95. The van der Waals surface area contributed by atoms with E-state index in [-0.39, 0.29) is 0 Å². The Labute approximate surface area is 185 Å². The van der Waals surface area contributed by atoms with Crippen molar-refractivity contribution in [3.63, 3.8) is 0 Å². The average Bonchev–Trinajstić information content (AvgIpc) is 3.18. The van der Waals surface area contributed by atoms with Gasteiger partial charge in [0.15, 0.2) is 0 Å². The Morgan fingerprint density at radius 2 is 1.81 bits per heavy atom. The molecule has 0 N–H and O–H groups in total. The summed E-state index contributed by atoms with van der Waals surface area (Å²) < 4.78 is 35.5. The normalized spacial score (nSPS) is 16.1. The van der Waals surface area contributed by atoms with E-state index in [2.05, 4.69) is 42.0 Å². The van der Waals surface area contributed by atoms with Crippen LogP contribution in [0.5, 0.6) is 5.75 Å². The lowest BCUT2D eigenvalue weighted by atomic mass is 9.90. The van der Waals surface area contributed by atoms with E-state index in [1.807, 2.05) is 0 Å². The van der Waals surface area contributed by atoms with Gasteiger partial charge >= 0.3 is 0 Å². The fraction of sp³-hybridized carbons (Fsp3) is 0.440. The third-order valence-electron chi connectivity index (χ3n) is 6.39. The molecule has 4 rings (SSSR count). The van der Waals surface area contributed by atoms with Crippen LogP contribution in [0.1, 0.15) is 50.5 Å². The van der Waals surface area contributed by atoms with Crippen LogP contribution in [0.2, 0.25) is 0 Å². The van der Waals surface area contributed by atoms with Gasteiger partial charge in [0.25, 0.3) is 0 Å². The molecule has 0 unspecified atom stereocenters. The Morgan fingerprint density at radius 3 is 2.55 bits per heavy atom. The molecule has 31 heavy (non-hydrogen) atoms. The molecule has 0 radical (unpaired) electrons. The first-order chi connectivity index (χ1) is 15.0. The van der Waals surface area contributed by atoms with Crippen molar-refractivity contribution < 1.29 is 13.2 Å². The van der Waals surface area contributed by atoms with Gasteiger partial charge in [0.2, 0.25) is 10.0 Å². The second-order valence-electron chi connectivity index (χ2n) is 8.36. The summed E-state index contributed by atoms with van der Waals surface area (Å²) >= 11 is 0. The first-order valence-corrected chi connectivity index (χ1v) is 12.7. The van der Waals surface area contributed by atoms with Crippen molar-refractivity contribution in [1.82, 2.24) is 8.87 Å². The molecular formula is C25H32N2O3S. The number of rotatable bonds is 8. The number of hydrogen-bond acceptors (Lipinski definition) is 3. The van der Waals surface area contributed by atoms with Crippen LogP contribution >= 0.6 is 0 Å². The highest BCUT2D eigenvalue weighted by atomic mass is 32.2. The van der Waals surface area contributed by atoms with Crippen molar-refractivity contribution in [3.05, 3.63) is 60.3 Å². The largest absolute Gasteiger partial charge is 0.497 e. The molecule has 1 aliphatic rings. The minimum atomic E-state index is -3.50. The van der Waals surface area contributed by atoms with Gasteiger partial charge in [-0.1, -0.05) is 44.0 Å². The number of aryl methyl sites for hydroxylation is 1. The molecule has 0 atom stereocenters. The lowest BCUT2D eigenvalue weighted by Gasteiger charge is -2.31. The molecule has 3 aromatic rings. The van der Waals surface area contributed by atoms with E-state index in [9.17, 15) is 8.42 Å². The van der Waals surface area contributed by atoms with E-state index < -0.39 is 10.0 Å². The van der Waals surface area contributed by atoms with E-state index in [4.69, 9.17) is 4.74 Å². The third-order valence-corrected chi connectivity index (χ3v) is 8.29. The van der Waals surface area contributed by atoms with E-state index in [0.29, 0.717) is 29.7 Å². The summed E-state index contributed by atoms with van der Waals surface area (Å²) in [5.74, 6) is 0.945. The maximum absolute atomic E-state index is 13.1. The minimum Gasteiger partial charge on any atom is -0.497 e. The Kier molecular flexibility index (Phi) is 6.68. The number of methoxy groups -OCH3 is 1. The number of aromatic nitrogens is 1. The van der Waals surface area contributed by atoms with Gasteiger partial charge in [-0.25, -0.2) is 8.42 Å². The molecule has 2 aromatic carbocycles. The predicted octanol–water partition coefficient (Wildman–Crippen LogP) is 5.41. The summed E-state index contributed by atoms with van der Waals surface area (Å²) in [4.78, 5) is 0.304. The predicted molar refractivity (Wildman–Crippen MR) is 125 cm³/mol. The van der Waals surface area contributed by atoms with Gasteiger partial charge in [-0.3, -0.25) is 0 Å². The van der Waals surface area contributed by atoms with Gasteiger partial charge in [-0.2, -0.15) is 4.31 Å². The van der Waals surface area contributed by atoms with Gasteiger partial charge in [0, 0.05) is 42.8 Å². The molecule has 0 bridgehead atoms. The molecule has 0 spiro atoms. The van der Waals surface area contributed by atoms with Crippen molar-refractivity contribution in [1.29, 1.82) is 0 Å². The number of hydrogen-bond donors (Lipinski definition) is 0. The highest BCUT2D eigenvalue weighted by molar-refractivity contribution is 7.89. The van der Waals surface area contributed by atoms with E-state index in [1.54, 1.807) is 35.7 Å². The highest BCUT2D eigenvalue weighted by Gasteiger charge is 2.31. The molecule has 166 valence electrons. The zero-order valence-corrected chi connectivity index (χ0v) is 19.3. The topological polar surface area (TPSA) is 51.5 Å². The van der Waals surface area contributed by atoms with Crippen LogP contribution in [0, 0.1) is 0 Å². The van der Waals surface area contributed by atoms with Crippen LogP contribution in [0.4, 0.5) is 0 Å².